The third-order valence-electron chi connectivity index (χ3n) is 1.25. The van der Waals surface area contributed by atoms with Gasteiger partial charge in [-0.25, -0.2) is 8.78 Å². The van der Waals surface area contributed by atoms with Crippen LogP contribution < -0.4 is 0 Å². The van der Waals surface area contributed by atoms with Gasteiger partial charge < -0.3 is 4.98 Å². The second-order valence-corrected chi connectivity index (χ2v) is 2.31. The number of aromatic nitrogens is 1. The molecule has 0 bridgehead atoms. The molecule has 4 heteroatoms. The predicted molar refractivity (Wildman–Crippen MR) is 48.3 cm³/mol. The Balaban J connectivity index is 0.000000253. The van der Waals surface area contributed by atoms with Crippen molar-refractivity contribution in [2.45, 2.75) is 0 Å². The Bertz CT molecular complexity index is 324. The minimum Gasteiger partial charge on any atom is -0.394 e. The number of benzene rings is 1. The van der Waals surface area contributed by atoms with E-state index in [1.165, 1.54) is 6.07 Å². The Kier molecular flexibility index (Phi) is 7.60. The number of hydrogen-bond donors (Lipinski definition) is 0. The van der Waals surface area contributed by atoms with Gasteiger partial charge in [-0.05, 0) is 0 Å². The second kappa shape index (κ2) is 8.21. The van der Waals surface area contributed by atoms with Gasteiger partial charge in [0.05, 0.1) is 0 Å². The SMILES string of the molecule is Fc1[c-]ccc(F)c1.[Ir].[c-]1ccccn1. The first kappa shape index (κ1) is 13.9. The van der Waals surface area contributed by atoms with Crippen LogP contribution in [-0.4, -0.2) is 4.98 Å². The van der Waals surface area contributed by atoms with E-state index in [0.717, 1.165) is 12.1 Å². The first-order valence-electron chi connectivity index (χ1n) is 3.89. The Morgan fingerprint density at radius 3 is 2.20 bits per heavy atom. The number of nitrogens with zero attached hydrogens (tertiary/aromatic N) is 1. The maximum atomic E-state index is 11.9. The third kappa shape index (κ3) is 6.89. The summed E-state index contributed by atoms with van der Waals surface area (Å²) in [6, 6.07) is 10.8. The third-order valence-corrected chi connectivity index (χ3v) is 1.25. The van der Waals surface area contributed by atoms with Crippen molar-refractivity contribution in [1.29, 1.82) is 0 Å². The van der Waals surface area contributed by atoms with Gasteiger partial charge in [0.1, 0.15) is 0 Å². The van der Waals surface area contributed by atoms with Crippen LogP contribution in [0.5, 0.6) is 0 Å². The van der Waals surface area contributed by atoms with Crippen LogP contribution in [0.4, 0.5) is 8.78 Å². The van der Waals surface area contributed by atoms with Gasteiger partial charge in [0, 0.05) is 31.7 Å². The van der Waals surface area contributed by atoms with Gasteiger partial charge in [-0.15, -0.1) is 18.2 Å². The van der Waals surface area contributed by atoms with Crippen molar-refractivity contribution in [3.05, 3.63) is 66.5 Å². The molecular weight excluding hydrogens is 376 g/mol. The minimum atomic E-state index is -0.662. The molecule has 2 aromatic rings. The summed E-state index contributed by atoms with van der Waals surface area (Å²) in [5.74, 6) is -1.23. The molecule has 1 nitrogen and oxygen atoms in total. The minimum absolute atomic E-state index is 0. The van der Waals surface area contributed by atoms with Crippen molar-refractivity contribution < 1.29 is 28.9 Å². The molecule has 81 valence electrons. The van der Waals surface area contributed by atoms with E-state index in [2.05, 4.69) is 17.2 Å². The molecular formula is C11H7F2IrN-2. The fourth-order valence-corrected chi connectivity index (χ4v) is 0.689. The molecule has 0 amide bonds. The first-order chi connectivity index (χ1) is 6.79. The van der Waals surface area contributed by atoms with Crippen molar-refractivity contribution in [3.8, 4) is 0 Å². The van der Waals surface area contributed by atoms with Crippen LogP contribution in [0.2, 0.25) is 0 Å². The number of halogens is 2. The molecule has 1 aromatic carbocycles. The van der Waals surface area contributed by atoms with Crippen molar-refractivity contribution in [3.63, 3.8) is 0 Å². The zero-order chi connectivity index (χ0) is 10.2. The van der Waals surface area contributed by atoms with Crippen molar-refractivity contribution in [1.82, 2.24) is 4.98 Å². The van der Waals surface area contributed by atoms with Gasteiger partial charge in [-0.2, -0.15) is 24.3 Å². The van der Waals surface area contributed by atoms with Gasteiger partial charge in [-0.1, -0.05) is 12.4 Å². The Labute approximate surface area is 101 Å². The van der Waals surface area contributed by atoms with E-state index in [1.807, 2.05) is 12.1 Å². The molecule has 1 heterocycles. The van der Waals surface area contributed by atoms with Crippen LogP contribution >= 0.6 is 0 Å². The monoisotopic (exact) mass is 384 g/mol. The molecule has 2 rings (SSSR count). The summed E-state index contributed by atoms with van der Waals surface area (Å²) in [5, 5.41) is 0. The Morgan fingerprint density at radius 1 is 1.13 bits per heavy atom. The van der Waals surface area contributed by atoms with Crippen LogP contribution in [0.1, 0.15) is 0 Å². The summed E-state index contributed by atoms with van der Waals surface area (Å²) < 4.78 is 23.8. The number of hydrogen-bond acceptors (Lipinski definition) is 1. The molecule has 0 N–H and O–H groups in total. The van der Waals surface area contributed by atoms with E-state index < -0.39 is 11.6 Å². The molecule has 0 spiro atoms. The molecule has 1 aromatic heterocycles. The van der Waals surface area contributed by atoms with E-state index in [4.69, 9.17) is 0 Å². The fraction of sp³-hybridized carbons (Fsp3) is 0. The fourth-order valence-electron chi connectivity index (χ4n) is 0.689. The summed E-state index contributed by atoms with van der Waals surface area (Å²) >= 11 is 0. The van der Waals surface area contributed by atoms with E-state index in [1.54, 1.807) is 12.3 Å². The molecule has 0 unspecified atom stereocenters. The average Bonchev–Trinajstić information content (AvgIpc) is 2.21. The van der Waals surface area contributed by atoms with Crippen LogP contribution in [0.25, 0.3) is 0 Å². The van der Waals surface area contributed by atoms with Crippen molar-refractivity contribution >= 4 is 0 Å². The molecule has 0 saturated heterocycles. The molecule has 0 aliphatic carbocycles. The molecule has 0 aliphatic heterocycles. The summed E-state index contributed by atoms with van der Waals surface area (Å²) in [5.41, 5.74) is 0. The maximum Gasteiger partial charge on any atom is 0.0178 e. The molecule has 0 atom stereocenters. The standard InChI is InChI=1S/C6H3F2.C5H4N.Ir/c7-5-2-1-3-6(8)4-5;1-2-4-6-5-3-1;/h1-2,4H;1-4H;/q2*-1;. The van der Waals surface area contributed by atoms with Crippen LogP contribution in [0.15, 0.2) is 42.6 Å². The van der Waals surface area contributed by atoms with Crippen molar-refractivity contribution in [2.24, 2.45) is 0 Å². The topological polar surface area (TPSA) is 12.9 Å². The smallest absolute Gasteiger partial charge is 0.0178 e. The van der Waals surface area contributed by atoms with Gasteiger partial charge in [0.25, 0.3) is 0 Å². The number of rotatable bonds is 0. The van der Waals surface area contributed by atoms with Crippen LogP contribution in [0, 0.1) is 23.9 Å². The van der Waals surface area contributed by atoms with E-state index in [9.17, 15) is 8.78 Å². The molecule has 1 radical (unpaired) electrons. The Morgan fingerprint density at radius 2 is 1.93 bits per heavy atom. The van der Waals surface area contributed by atoms with Gasteiger partial charge in [0.15, 0.2) is 0 Å². The maximum absolute atomic E-state index is 11.9. The van der Waals surface area contributed by atoms with Crippen molar-refractivity contribution in [2.75, 3.05) is 0 Å². The zero-order valence-corrected chi connectivity index (χ0v) is 9.97. The molecule has 15 heavy (non-hydrogen) atoms. The normalized spacial score (nSPS) is 8.13. The van der Waals surface area contributed by atoms with E-state index in [0.29, 0.717) is 0 Å². The number of pyridine rings is 1. The van der Waals surface area contributed by atoms with E-state index in [-0.39, 0.29) is 20.1 Å². The van der Waals surface area contributed by atoms with Gasteiger partial charge in [-0.3, -0.25) is 0 Å². The predicted octanol–water partition coefficient (Wildman–Crippen LogP) is 2.64. The largest absolute Gasteiger partial charge is 0.394 e. The summed E-state index contributed by atoms with van der Waals surface area (Å²) in [4.78, 5) is 3.66. The quantitative estimate of drug-likeness (QED) is 0.638. The molecule has 0 aliphatic rings. The van der Waals surface area contributed by atoms with Gasteiger partial charge in [0.2, 0.25) is 0 Å². The second-order valence-electron chi connectivity index (χ2n) is 2.31. The summed E-state index contributed by atoms with van der Waals surface area (Å²) in [6.45, 7) is 0. The Hall–Kier alpha value is -1.12. The van der Waals surface area contributed by atoms with E-state index >= 15 is 0 Å². The first-order valence-corrected chi connectivity index (χ1v) is 3.89. The molecule has 0 fully saturated rings. The van der Waals surface area contributed by atoms with Crippen LogP contribution in [0.3, 0.4) is 0 Å². The average molecular weight is 383 g/mol. The summed E-state index contributed by atoms with van der Waals surface area (Å²) in [7, 11) is 0. The summed E-state index contributed by atoms with van der Waals surface area (Å²) in [6.07, 6.45) is 4.34. The zero-order valence-electron chi connectivity index (χ0n) is 7.58. The molecule has 0 saturated carbocycles. The van der Waals surface area contributed by atoms with Gasteiger partial charge >= 0.3 is 0 Å². The van der Waals surface area contributed by atoms with Crippen LogP contribution in [-0.2, 0) is 20.1 Å².